The number of fused-ring (bicyclic) bond motifs is 1. The fourth-order valence-electron chi connectivity index (χ4n) is 3.14. The molecule has 0 radical (unpaired) electrons. The van der Waals surface area contributed by atoms with Crippen molar-refractivity contribution in [2.24, 2.45) is 0 Å². The first-order valence-electron chi connectivity index (χ1n) is 8.98. The van der Waals surface area contributed by atoms with Gasteiger partial charge in [0.25, 0.3) is 5.56 Å². The third kappa shape index (κ3) is 3.66. The highest BCUT2D eigenvalue weighted by Crippen LogP contribution is 2.24. The molecule has 2 aliphatic heterocycles. The van der Waals surface area contributed by atoms with Crippen molar-refractivity contribution in [1.82, 2.24) is 14.3 Å². The summed E-state index contributed by atoms with van der Waals surface area (Å²) in [7, 11) is 2.89. The zero-order chi connectivity index (χ0) is 20.4. The number of carbonyl (C=O) groups excluding carboxylic acids is 1. The van der Waals surface area contributed by atoms with Crippen LogP contribution in [0.4, 0.5) is 0 Å². The number of thiophene rings is 1. The van der Waals surface area contributed by atoms with Gasteiger partial charge in [0.1, 0.15) is 17.0 Å². The summed E-state index contributed by atoms with van der Waals surface area (Å²) >= 11 is 1.67. The van der Waals surface area contributed by atoms with Gasteiger partial charge in [0.05, 0.1) is 25.5 Å². The predicted octanol–water partition coefficient (Wildman–Crippen LogP) is 3.24. The van der Waals surface area contributed by atoms with E-state index in [1.54, 1.807) is 55.1 Å². The number of benzene rings is 1. The van der Waals surface area contributed by atoms with Gasteiger partial charge in [-0.1, -0.05) is 6.07 Å². The van der Waals surface area contributed by atoms with Crippen LogP contribution in [0, 0.1) is 0 Å². The van der Waals surface area contributed by atoms with Crippen LogP contribution in [0.25, 0.3) is 16.9 Å². The topological polar surface area (TPSA) is 75.3 Å². The molecule has 2 aromatic rings. The van der Waals surface area contributed by atoms with E-state index in [4.69, 9.17) is 9.47 Å². The van der Waals surface area contributed by atoms with Gasteiger partial charge in [0.15, 0.2) is 0 Å². The Balaban J connectivity index is 1.79. The zero-order valence-corrected chi connectivity index (χ0v) is 16.8. The molecular formula is C21H19N3O4S. The first kappa shape index (κ1) is 18.9. The summed E-state index contributed by atoms with van der Waals surface area (Å²) in [5.41, 5.74) is 1.26. The Hall–Kier alpha value is -3.39. The molecule has 1 aromatic heterocycles. The summed E-state index contributed by atoms with van der Waals surface area (Å²) in [6.45, 7) is 0.633. The van der Waals surface area contributed by atoms with Crippen molar-refractivity contribution in [3.05, 3.63) is 75.0 Å². The molecule has 0 atom stereocenters. The second-order valence-electron chi connectivity index (χ2n) is 6.41. The van der Waals surface area contributed by atoms with Gasteiger partial charge < -0.3 is 14.0 Å². The van der Waals surface area contributed by atoms with Crippen molar-refractivity contribution in [3.8, 4) is 22.7 Å². The van der Waals surface area contributed by atoms with Crippen LogP contribution in [0.1, 0.15) is 15.2 Å². The number of aromatic nitrogens is 3. The summed E-state index contributed by atoms with van der Waals surface area (Å²) in [5, 5.41) is 6.43. The summed E-state index contributed by atoms with van der Waals surface area (Å²) < 4.78 is 13.2. The lowest BCUT2D eigenvalue weighted by molar-refractivity contribution is 0.0600. The summed E-state index contributed by atoms with van der Waals surface area (Å²) in [5.74, 6) is 0.152. The zero-order valence-electron chi connectivity index (χ0n) is 16.0. The van der Waals surface area contributed by atoms with Gasteiger partial charge in [0, 0.05) is 23.8 Å². The van der Waals surface area contributed by atoms with Gasteiger partial charge in [-0.3, -0.25) is 4.79 Å². The van der Waals surface area contributed by atoms with Crippen molar-refractivity contribution in [1.29, 1.82) is 0 Å². The van der Waals surface area contributed by atoms with E-state index in [2.05, 4.69) is 11.2 Å². The van der Waals surface area contributed by atoms with Gasteiger partial charge in [-0.2, -0.15) is 9.78 Å². The average Bonchev–Trinajstić information content (AvgIpc) is 3.39. The van der Waals surface area contributed by atoms with Crippen LogP contribution in [0.15, 0.2) is 59.0 Å². The molecule has 0 spiro atoms. The van der Waals surface area contributed by atoms with E-state index in [1.807, 2.05) is 16.0 Å². The molecule has 0 N–H and O–H groups in total. The molecule has 1 aromatic carbocycles. The highest BCUT2D eigenvalue weighted by Gasteiger charge is 2.25. The van der Waals surface area contributed by atoms with Gasteiger partial charge in [-0.05, 0) is 42.1 Å². The number of carbonyl (C=O) groups is 1. The number of hydrogen-bond donors (Lipinski definition) is 0. The Morgan fingerprint density at radius 2 is 1.93 bits per heavy atom. The Morgan fingerprint density at radius 3 is 2.59 bits per heavy atom. The molecule has 4 rings (SSSR count). The quantitative estimate of drug-likeness (QED) is 0.457. The Kier molecular flexibility index (Phi) is 5.18. The van der Waals surface area contributed by atoms with Gasteiger partial charge in [-0.15, -0.1) is 11.3 Å². The molecule has 0 aliphatic carbocycles. The van der Waals surface area contributed by atoms with Crippen molar-refractivity contribution in [2.75, 3.05) is 14.2 Å². The molecule has 0 saturated carbocycles. The van der Waals surface area contributed by atoms with E-state index < -0.39 is 5.97 Å². The third-order valence-electron chi connectivity index (χ3n) is 4.64. The molecule has 0 amide bonds. The van der Waals surface area contributed by atoms with Crippen LogP contribution in [0.2, 0.25) is 0 Å². The number of methoxy groups -OCH3 is 2. The van der Waals surface area contributed by atoms with Crippen LogP contribution >= 0.6 is 11.3 Å². The first-order chi connectivity index (χ1) is 14.1. The largest absolute Gasteiger partial charge is 0.497 e. The van der Waals surface area contributed by atoms with E-state index in [0.29, 0.717) is 29.2 Å². The maximum atomic E-state index is 13.0. The van der Waals surface area contributed by atoms with Gasteiger partial charge in [-0.25, -0.2) is 4.79 Å². The van der Waals surface area contributed by atoms with Crippen molar-refractivity contribution < 1.29 is 14.3 Å². The lowest BCUT2D eigenvalue weighted by Gasteiger charge is -2.11. The van der Waals surface area contributed by atoms with Crippen LogP contribution in [0.3, 0.4) is 0 Å². The molecular weight excluding hydrogens is 390 g/mol. The number of pyridine rings is 1. The van der Waals surface area contributed by atoms with Gasteiger partial charge >= 0.3 is 5.97 Å². The summed E-state index contributed by atoms with van der Waals surface area (Å²) in [4.78, 5) is 26.6. The average molecular weight is 409 g/mol. The van der Waals surface area contributed by atoms with Crippen LogP contribution in [-0.4, -0.2) is 34.5 Å². The lowest BCUT2D eigenvalue weighted by atomic mass is 10.1. The predicted molar refractivity (Wildman–Crippen MR) is 110 cm³/mol. The Labute approximate surface area is 171 Å². The molecule has 2 aliphatic rings. The van der Waals surface area contributed by atoms with E-state index in [9.17, 15) is 9.59 Å². The molecule has 29 heavy (non-hydrogen) atoms. The highest BCUT2D eigenvalue weighted by atomic mass is 32.1. The van der Waals surface area contributed by atoms with Crippen LogP contribution in [-0.2, 0) is 17.7 Å². The maximum Gasteiger partial charge on any atom is 0.341 e. The number of hydrogen-bond acceptors (Lipinski definition) is 6. The molecule has 0 saturated heterocycles. The Bertz CT molecular complexity index is 1160. The minimum Gasteiger partial charge on any atom is -0.497 e. The minimum atomic E-state index is -0.528. The molecule has 0 unspecified atom stereocenters. The second-order valence-corrected chi connectivity index (χ2v) is 7.44. The third-order valence-corrected chi connectivity index (χ3v) is 5.58. The second kappa shape index (κ2) is 7.92. The van der Waals surface area contributed by atoms with E-state index in [1.165, 1.54) is 16.7 Å². The fraction of sp³-hybridized carbons (Fsp3) is 0.190. The van der Waals surface area contributed by atoms with Crippen molar-refractivity contribution in [2.45, 2.75) is 13.0 Å². The number of nitrogens with zero attached hydrogens (tertiary/aromatic N) is 3. The number of rotatable bonds is 6. The molecule has 8 heteroatoms. The van der Waals surface area contributed by atoms with E-state index >= 15 is 0 Å². The van der Waals surface area contributed by atoms with Crippen LogP contribution in [0.5, 0.6) is 5.75 Å². The van der Waals surface area contributed by atoms with E-state index in [0.717, 1.165) is 6.42 Å². The van der Waals surface area contributed by atoms with Crippen molar-refractivity contribution in [3.63, 3.8) is 0 Å². The normalized spacial score (nSPS) is 11.0. The molecule has 148 valence electrons. The summed E-state index contributed by atoms with van der Waals surface area (Å²) in [6.07, 6.45) is 4.23. The number of aryl methyl sites for hydroxylation is 2. The molecule has 3 heterocycles. The maximum absolute atomic E-state index is 13.0. The smallest absolute Gasteiger partial charge is 0.341 e. The molecule has 0 fully saturated rings. The van der Waals surface area contributed by atoms with Crippen LogP contribution < -0.4 is 10.3 Å². The van der Waals surface area contributed by atoms with Crippen molar-refractivity contribution >= 4 is 17.3 Å². The molecule has 0 bridgehead atoms. The number of esters is 1. The first-order valence-corrected chi connectivity index (χ1v) is 9.86. The monoisotopic (exact) mass is 409 g/mol. The molecule has 7 nitrogen and oxygen atoms in total. The standard InChI is InChI=1S/C21H19N3O4S/c1-27-15-7-5-14(6-8-15)24-20(25)17-12-23(10-9-16-4-3-11-29-16)13-18(19(17)22-24)21(26)28-2/h3-8,11-13H,9-10H2,1-2H3. The number of ether oxygens (including phenoxy) is 2. The highest BCUT2D eigenvalue weighted by molar-refractivity contribution is 7.09. The lowest BCUT2D eigenvalue weighted by Crippen LogP contribution is -2.16. The summed E-state index contributed by atoms with van der Waals surface area (Å²) in [6, 6.07) is 11.1. The van der Waals surface area contributed by atoms with Gasteiger partial charge in [0.2, 0.25) is 0 Å². The Morgan fingerprint density at radius 1 is 1.14 bits per heavy atom. The van der Waals surface area contributed by atoms with E-state index in [-0.39, 0.29) is 11.1 Å². The SMILES string of the molecule is COC(=O)c1cn(CCc2cccs2)cc2c(=O)n(-c3ccc(OC)cc3)nc1-2. The minimum absolute atomic E-state index is 0.264. The fourth-order valence-corrected chi connectivity index (χ4v) is 3.84.